The van der Waals surface area contributed by atoms with Crippen LogP contribution in [0.25, 0.3) is 0 Å². The number of allylic oxidation sites excluding steroid dienone is 2. The predicted molar refractivity (Wildman–Crippen MR) is 42.9 cm³/mol. The lowest BCUT2D eigenvalue weighted by molar-refractivity contribution is 0.431. The lowest BCUT2D eigenvalue weighted by Crippen LogP contribution is -1.79. The van der Waals surface area contributed by atoms with Crippen molar-refractivity contribution in [3.63, 3.8) is 0 Å². The molecule has 0 fully saturated rings. The maximum Gasteiger partial charge on any atom is 0.113 e. The predicted octanol–water partition coefficient (Wildman–Crippen LogP) is 1.34. The molecule has 3 heteroatoms. The molecule has 46 valence electrons. The van der Waals surface area contributed by atoms with E-state index < -0.39 is 0 Å². The second-order valence-corrected chi connectivity index (χ2v) is 2.02. The first-order valence-corrected chi connectivity index (χ1v) is 3.67. The lowest BCUT2D eigenvalue weighted by atomic mass is 10.4. The van der Waals surface area contributed by atoms with Crippen LogP contribution in [0.1, 0.15) is 0 Å². The van der Waals surface area contributed by atoms with E-state index in [4.69, 9.17) is 10.8 Å². The lowest BCUT2D eigenvalue weighted by Gasteiger charge is -1.84. The Morgan fingerprint density at radius 2 is 2.38 bits per heavy atom. The minimum Gasteiger partial charge on any atom is -0.508 e. The molecular weight excluding hydrogens is 217 g/mol. The molecule has 2 nitrogen and oxygen atoms in total. The number of aliphatic hydroxyl groups excluding tert-OH is 1. The van der Waals surface area contributed by atoms with Gasteiger partial charge in [0.15, 0.2) is 0 Å². The largest absolute Gasteiger partial charge is 0.508 e. The summed E-state index contributed by atoms with van der Waals surface area (Å²) in [4.78, 5) is 0. The molecule has 0 aromatic carbocycles. The molecule has 0 bridgehead atoms. The van der Waals surface area contributed by atoms with Crippen LogP contribution in [0.15, 0.2) is 24.1 Å². The van der Waals surface area contributed by atoms with Crippen molar-refractivity contribution in [1.29, 1.82) is 0 Å². The van der Waals surface area contributed by atoms with Gasteiger partial charge in [0.25, 0.3) is 0 Å². The van der Waals surface area contributed by atoms with Gasteiger partial charge in [-0.25, -0.2) is 0 Å². The zero-order chi connectivity index (χ0) is 6.41. The van der Waals surface area contributed by atoms with Crippen molar-refractivity contribution < 1.29 is 5.11 Å². The molecule has 0 aliphatic carbocycles. The fraction of sp³-hybridized carbons (Fsp3) is 0.200. The summed E-state index contributed by atoms with van der Waals surface area (Å²) in [5.41, 5.74) is 4.98. The highest BCUT2D eigenvalue weighted by Gasteiger charge is 1.78. The Hall–Kier alpha value is -0.190. The van der Waals surface area contributed by atoms with E-state index in [1.165, 1.54) is 12.3 Å². The van der Waals surface area contributed by atoms with Crippen LogP contribution in [0.3, 0.4) is 0 Å². The smallest absolute Gasteiger partial charge is 0.113 e. The van der Waals surface area contributed by atoms with E-state index in [0.717, 1.165) is 4.43 Å². The highest BCUT2D eigenvalue weighted by atomic mass is 127. The summed E-state index contributed by atoms with van der Waals surface area (Å²) in [5.74, 6) is 0.224. The van der Waals surface area contributed by atoms with E-state index in [2.05, 4.69) is 22.6 Å². The monoisotopic (exact) mass is 225 g/mol. The molecule has 0 amide bonds. The molecule has 8 heavy (non-hydrogen) atoms. The summed E-state index contributed by atoms with van der Waals surface area (Å²) in [7, 11) is 0. The van der Waals surface area contributed by atoms with Gasteiger partial charge in [0, 0.05) is 4.43 Å². The highest BCUT2D eigenvalue weighted by molar-refractivity contribution is 14.1. The molecule has 3 N–H and O–H groups in total. The third-order valence-electron chi connectivity index (χ3n) is 0.553. The van der Waals surface area contributed by atoms with E-state index in [1.54, 1.807) is 6.08 Å². The molecule has 0 aromatic heterocycles. The van der Waals surface area contributed by atoms with Gasteiger partial charge in [0.1, 0.15) is 5.76 Å². The zero-order valence-electron chi connectivity index (χ0n) is 4.34. The quantitative estimate of drug-likeness (QED) is 0.322. The molecule has 0 spiro atoms. The van der Waals surface area contributed by atoms with E-state index in [9.17, 15) is 0 Å². The maximum atomic E-state index is 8.74. The second kappa shape index (κ2) is 4.96. The van der Waals surface area contributed by atoms with E-state index in [1.807, 2.05) is 0 Å². The first-order valence-electron chi connectivity index (χ1n) is 2.14. The van der Waals surface area contributed by atoms with E-state index >= 15 is 0 Å². The van der Waals surface area contributed by atoms with Crippen molar-refractivity contribution in [2.24, 2.45) is 5.73 Å². The van der Waals surface area contributed by atoms with Crippen molar-refractivity contribution in [1.82, 2.24) is 0 Å². The van der Waals surface area contributed by atoms with Gasteiger partial charge < -0.3 is 10.8 Å². The van der Waals surface area contributed by atoms with Crippen molar-refractivity contribution in [2.75, 3.05) is 4.43 Å². The van der Waals surface area contributed by atoms with E-state index in [0.29, 0.717) is 0 Å². The Labute approximate surface area is 62.2 Å². The molecule has 0 unspecified atom stereocenters. The number of hydrogen-bond donors (Lipinski definition) is 2. The summed E-state index contributed by atoms with van der Waals surface area (Å²) >= 11 is 2.13. The number of aliphatic hydroxyl groups is 1. The van der Waals surface area contributed by atoms with E-state index in [-0.39, 0.29) is 5.76 Å². The fourth-order valence-electron chi connectivity index (χ4n) is 0.246. The molecule has 0 aromatic rings. The van der Waals surface area contributed by atoms with Crippen LogP contribution in [0.2, 0.25) is 0 Å². The molecule has 0 radical (unpaired) electrons. The summed E-state index contributed by atoms with van der Waals surface area (Å²) in [6.45, 7) is 0. The normalized spacial score (nSPS) is 12.9. The third kappa shape index (κ3) is 3.98. The molecule has 0 saturated heterocycles. The molecule has 0 atom stereocenters. The molecular formula is C5H8INO. The Bertz CT molecular complexity index is 109. The van der Waals surface area contributed by atoms with Crippen LogP contribution in [0.5, 0.6) is 0 Å². The van der Waals surface area contributed by atoms with Crippen LogP contribution in [-0.2, 0) is 0 Å². The minimum atomic E-state index is 0.224. The number of nitrogens with two attached hydrogens (primary N) is 1. The summed E-state index contributed by atoms with van der Waals surface area (Å²) in [6.07, 6.45) is 4.42. The Morgan fingerprint density at radius 3 is 2.75 bits per heavy atom. The van der Waals surface area contributed by atoms with Gasteiger partial charge in [-0.15, -0.1) is 0 Å². The summed E-state index contributed by atoms with van der Waals surface area (Å²) in [5, 5.41) is 8.74. The van der Waals surface area contributed by atoms with Gasteiger partial charge in [0.2, 0.25) is 0 Å². The van der Waals surface area contributed by atoms with Crippen molar-refractivity contribution in [3.8, 4) is 0 Å². The fourth-order valence-corrected chi connectivity index (χ4v) is 0.697. The Morgan fingerprint density at radius 1 is 1.75 bits per heavy atom. The van der Waals surface area contributed by atoms with Gasteiger partial charge in [-0.2, -0.15) is 0 Å². The van der Waals surface area contributed by atoms with Crippen LogP contribution >= 0.6 is 22.6 Å². The zero-order valence-corrected chi connectivity index (χ0v) is 6.50. The van der Waals surface area contributed by atoms with Gasteiger partial charge in [-0.3, -0.25) is 0 Å². The van der Waals surface area contributed by atoms with Crippen molar-refractivity contribution in [2.45, 2.75) is 0 Å². The molecule has 0 aliphatic rings. The first-order chi connectivity index (χ1) is 3.81. The first kappa shape index (κ1) is 7.81. The highest BCUT2D eigenvalue weighted by Crippen LogP contribution is 1.91. The van der Waals surface area contributed by atoms with Crippen LogP contribution in [0.4, 0.5) is 0 Å². The van der Waals surface area contributed by atoms with Gasteiger partial charge >= 0.3 is 0 Å². The van der Waals surface area contributed by atoms with Crippen molar-refractivity contribution in [3.05, 3.63) is 24.1 Å². The van der Waals surface area contributed by atoms with Crippen LogP contribution in [0, 0.1) is 0 Å². The van der Waals surface area contributed by atoms with Crippen LogP contribution in [-0.4, -0.2) is 9.53 Å². The van der Waals surface area contributed by atoms with Gasteiger partial charge in [-0.1, -0.05) is 22.6 Å². The summed E-state index contributed by atoms with van der Waals surface area (Å²) < 4.78 is 0.800. The maximum absolute atomic E-state index is 8.74. The SMILES string of the molecule is N/C=C\C(O)=C/CI. The average molecular weight is 225 g/mol. The standard InChI is InChI=1S/C5H8INO/c6-3-1-5(8)2-4-7/h1-2,4,8H,3,7H2/b4-2-,5-1+. The summed E-state index contributed by atoms with van der Waals surface area (Å²) in [6, 6.07) is 0. The number of halogens is 1. The number of alkyl halides is 1. The van der Waals surface area contributed by atoms with Crippen LogP contribution < -0.4 is 5.73 Å². The number of hydrogen-bond acceptors (Lipinski definition) is 2. The third-order valence-corrected chi connectivity index (χ3v) is 0.994. The Balaban J connectivity index is 3.61. The molecule has 0 aliphatic heterocycles. The van der Waals surface area contributed by atoms with Gasteiger partial charge in [0.05, 0.1) is 0 Å². The number of rotatable bonds is 2. The van der Waals surface area contributed by atoms with Gasteiger partial charge in [-0.05, 0) is 18.4 Å². The average Bonchev–Trinajstić information content (AvgIpc) is 1.68. The second-order valence-electron chi connectivity index (χ2n) is 1.14. The molecule has 0 saturated carbocycles. The minimum absolute atomic E-state index is 0.224. The molecule has 0 heterocycles. The molecule has 0 rings (SSSR count). The topological polar surface area (TPSA) is 46.2 Å². The van der Waals surface area contributed by atoms with Crippen molar-refractivity contribution >= 4 is 22.6 Å². The Kier molecular flexibility index (Phi) is 4.84.